The summed E-state index contributed by atoms with van der Waals surface area (Å²) in [7, 11) is 0.0912. The highest BCUT2D eigenvalue weighted by Gasteiger charge is 2.34. The highest BCUT2D eigenvalue weighted by molar-refractivity contribution is 7.92. The van der Waals surface area contributed by atoms with Crippen molar-refractivity contribution < 1.29 is 32.2 Å². The van der Waals surface area contributed by atoms with Crippen LogP contribution in [0.3, 0.4) is 0 Å². The standard InChI is InChI=1S/C30H36ClN3O7S/c1-6-26(30(36)32-7-2)33(19-21-8-14-24(39-3)15-9-21)29(35)20-34(23-12-10-22(31)11-13-23)42(37,38)25-16-17-27(40-4)28(18-25)41-5/h8-18,26H,6-7,19-20H2,1-5H3,(H,32,36)/t26-/m0/s1. The fourth-order valence-electron chi connectivity index (χ4n) is 4.38. The van der Waals surface area contributed by atoms with Crippen molar-refractivity contribution in [3.8, 4) is 17.2 Å². The van der Waals surface area contributed by atoms with E-state index in [1.165, 1.54) is 61.6 Å². The van der Waals surface area contributed by atoms with Crippen LogP contribution in [0.1, 0.15) is 25.8 Å². The van der Waals surface area contributed by atoms with E-state index in [0.717, 1.165) is 9.87 Å². The molecule has 226 valence electrons. The number of amides is 2. The van der Waals surface area contributed by atoms with Gasteiger partial charge in [0, 0.05) is 24.2 Å². The number of ether oxygens (including phenoxy) is 3. The SMILES string of the molecule is CCNC(=O)[C@H](CC)N(Cc1ccc(OC)cc1)C(=O)CN(c1ccc(Cl)cc1)S(=O)(=O)c1ccc(OC)c(OC)c1. The number of carbonyl (C=O) groups excluding carboxylic acids is 2. The predicted molar refractivity (Wildman–Crippen MR) is 162 cm³/mol. The number of nitrogens with one attached hydrogen (secondary N) is 1. The van der Waals surface area contributed by atoms with Gasteiger partial charge in [-0.15, -0.1) is 0 Å². The van der Waals surface area contributed by atoms with E-state index < -0.39 is 28.5 Å². The lowest BCUT2D eigenvalue weighted by atomic mass is 10.1. The van der Waals surface area contributed by atoms with Crippen molar-refractivity contribution in [3.63, 3.8) is 0 Å². The molecule has 0 fully saturated rings. The smallest absolute Gasteiger partial charge is 0.264 e. The van der Waals surface area contributed by atoms with Crippen molar-refractivity contribution in [2.75, 3.05) is 38.7 Å². The van der Waals surface area contributed by atoms with Crippen molar-refractivity contribution >= 4 is 39.1 Å². The Bertz CT molecular complexity index is 1470. The molecule has 0 aromatic heterocycles. The van der Waals surface area contributed by atoms with Crippen LogP contribution in [-0.4, -0.2) is 65.6 Å². The summed E-state index contributed by atoms with van der Waals surface area (Å²) in [4.78, 5) is 28.4. The molecule has 12 heteroatoms. The van der Waals surface area contributed by atoms with Gasteiger partial charge >= 0.3 is 0 Å². The highest BCUT2D eigenvalue weighted by atomic mass is 35.5. The predicted octanol–water partition coefficient (Wildman–Crippen LogP) is 4.50. The van der Waals surface area contributed by atoms with Crippen molar-refractivity contribution in [1.82, 2.24) is 10.2 Å². The van der Waals surface area contributed by atoms with Crippen LogP contribution in [0.2, 0.25) is 5.02 Å². The quantitative estimate of drug-likeness (QED) is 0.283. The van der Waals surface area contributed by atoms with Crippen LogP contribution in [0.25, 0.3) is 0 Å². The van der Waals surface area contributed by atoms with Gasteiger partial charge in [-0.2, -0.15) is 0 Å². The zero-order chi connectivity index (χ0) is 30.9. The molecule has 3 rings (SSSR count). The third kappa shape index (κ3) is 7.65. The molecule has 3 aromatic carbocycles. The molecule has 0 saturated heterocycles. The molecule has 0 aliphatic carbocycles. The Labute approximate surface area is 252 Å². The average Bonchev–Trinajstić information content (AvgIpc) is 3.00. The van der Waals surface area contributed by atoms with E-state index in [1.807, 2.05) is 0 Å². The fourth-order valence-corrected chi connectivity index (χ4v) is 5.94. The van der Waals surface area contributed by atoms with Crippen LogP contribution in [0.15, 0.2) is 71.6 Å². The number of hydrogen-bond acceptors (Lipinski definition) is 7. The van der Waals surface area contributed by atoms with Gasteiger partial charge in [0.15, 0.2) is 11.5 Å². The molecule has 0 aliphatic heterocycles. The fraction of sp³-hybridized carbons (Fsp3) is 0.333. The molecule has 1 atom stereocenters. The lowest BCUT2D eigenvalue weighted by molar-refractivity contribution is -0.140. The van der Waals surface area contributed by atoms with E-state index >= 15 is 0 Å². The summed E-state index contributed by atoms with van der Waals surface area (Å²) in [5, 5.41) is 3.18. The number of hydrogen-bond donors (Lipinski definition) is 1. The molecule has 1 N–H and O–H groups in total. The zero-order valence-corrected chi connectivity index (χ0v) is 25.9. The maximum Gasteiger partial charge on any atom is 0.264 e. The van der Waals surface area contributed by atoms with Crippen LogP contribution in [0, 0.1) is 0 Å². The number of carbonyl (C=O) groups is 2. The van der Waals surface area contributed by atoms with E-state index in [-0.39, 0.29) is 28.8 Å². The molecule has 0 heterocycles. The third-order valence-electron chi connectivity index (χ3n) is 6.59. The van der Waals surface area contributed by atoms with Crippen molar-refractivity contribution in [1.29, 1.82) is 0 Å². The second-order valence-electron chi connectivity index (χ2n) is 9.19. The van der Waals surface area contributed by atoms with Gasteiger partial charge in [0.05, 0.1) is 31.9 Å². The number of benzene rings is 3. The normalized spacial score (nSPS) is 11.8. The lowest BCUT2D eigenvalue weighted by Crippen LogP contribution is -2.52. The van der Waals surface area contributed by atoms with E-state index in [0.29, 0.717) is 29.5 Å². The Kier molecular flexibility index (Phi) is 11.5. The van der Waals surface area contributed by atoms with Gasteiger partial charge in [0.25, 0.3) is 10.0 Å². The van der Waals surface area contributed by atoms with Gasteiger partial charge in [0.1, 0.15) is 18.3 Å². The van der Waals surface area contributed by atoms with Crippen LogP contribution in [-0.2, 0) is 26.2 Å². The molecular formula is C30H36ClN3O7S. The first kappa shape index (κ1) is 32.6. The largest absolute Gasteiger partial charge is 0.497 e. The molecule has 3 aromatic rings. The molecule has 42 heavy (non-hydrogen) atoms. The van der Waals surface area contributed by atoms with Gasteiger partial charge < -0.3 is 24.4 Å². The van der Waals surface area contributed by atoms with Gasteiger partial charge in [-0.3, -0.25) is 13.9 Å². The molecule has 2 amide bonds. The summed E-state index contributed by atoms with van der Waals surface area (Å²) in [6, 6.07) is 16.6. The average molecular weight is 618 g/mol. The van der Waals surface area contributed by atoms with E-state index in [2.05, 4.69) is 5.32 Å². The lowest BCUT2D eigenvalue weighted by Gasteiger charge is -2.33. The van der Waals surface area contributed by atoms with E-state index in [4.69, 9.17) is 25.8 Å². The minimum Gasteiger partial charge on any atom is -0.497 e. The van der Waals surface area contributed by atoms with E-state index in [1.54, 1.807) is 45.2 Å². The minimum absolute atomic E-state index is 0.0728. The molecule has 10 nitrogen and oxygen atoms in total. The first-order valence-corrected chi connectivity index (χ1v) is 15.1. The van der Waals surface area contributed by atoms with E-state index in [9.17, 15) is 18.0 Å². The minimum atomic E-state index is -4.31. The monoisotopic (exact) mass is 617 g/mol. The van der Waals surface area contributed by atoms with Gasteiger partial charge in [0.2, 0.25) is 11.8 Å². The second kappa shape index (κ2) is 14.8. The summed E-state index contributed by atoms with van der Waals surface area (Å²) < 4.78 is 45.0. The van der Waals surface area contributed by atoms with Crippen LogP contribution in [0.5, 0.6) is 17.2 Å². The maximum absolute atomic E-state index is 14.1. The first-order valence-electron chi connectivity index (χ1n) is 13.3. The van der Waals surface area contributed by atoms with Gasteiger partial charge in [-0.05, 0) is 67.4 Å². The topological polar surface area (TPSA) is 114 Å². The summed E-state index contributed by atoms with van der Waals surface area (Å²) in [5.41, 5.74) is 0.964. The number of sulfonamides is 1. The van der Waals surface area contributed by atoms with Crippen molar-refractivity contribution in [3.05, 3.63) is 77.3 Å². The molecule has 0 saturated carbocycles. The number of methoxy groups -OCH3 is 3. The third-order valence-corrected chi connectivity index (χ3v) is 8.61. The van der Waals surface area contributed by atoms with Crippen LogP contribution >= 0.6 is 11.6 Å². The molecular weight excluding hydrogens is 582 g/mol. The summed E-state index contributed by atoms with van der Waals surface area (Å²) in [6.45, 7) is 3.46. The Morgan fingerprint density at radius 3 is 2.07 bits per heavy atom. The first-order chi connectivity index (χ1) is 20.1. The summed E-state index contributed by atoms with van der Waals surface area (Å²) in [5.74, 6) is 0.307. The molecule has 0 radical (unpaired) electrons. The maximum atomic E-state index is 14.1. The molecule has 0 unspecified atom stereocenters. The second-order valence-corrected chi connectivity index (χ2v) is 11.5. The summed E-state index contributed by atoms with van der Waals surface area (Å²) >= 11 is 6.09. The Hall–Kier alpha value is -3.96. The van der Waals surface area contributed by atoms with Crippen molar-refractivity contribution in [2.24, 2.45) is 0 Å². The number of nitrogens with zero attached hydrogens (tertiary/aromatic N) is 2. The molecule has 0 spiro atoms. The molecule has 0 aliphatic rings. The number of likely N-dealkylation sites (N-methyl/N-ethyl adjacent to an activating group) is 1. The zero-order valence-electron chi connectivity index (χ0n) is 24.3. The van der Waals surface area contributed by atoms with Crippen molar-refractivity contribution in [2.45, 2.75) is 37.8 Å². The Morgan fingerprint density at radius 2 is 1.52 bits per heavy atom. The summed E-state index contributed by atoms with van der Waals surface area (Å²) in [6.07, 6.45) is 0.317. The number of rotatable bonds is 14. The van der Waals surface area contributed by atoms with Gasteiger partial charge in [-0.1, -0.05) is 30.7 Å². The van der Waals surface area contributed by atoms with Crippen LogP contribution < -0.4 is 23.8 Å². The van der Waals surface area contributed by atoms with Gasteiger partial charge in [-0.25, -0.2) is 8.42 Å². The molecule has 0 bridgehead atoms. The Balaban J connectivity index is 2.08. The Morgan fingerprint density at radius 1 is 0.881 bits per heavy atom. The number of halogens is 1. The number of anilines is 1. The highest BCUT2D eigenvalue weighted by Crippen LogP contribution is 2.33. The van der Waals surface area contributed by atoms with Crippen LogP contribution in [0.4, 0.5) is 5.69 Å².